The summed E-state index contributed by atoms with van der Waals surface area (Å²) in [5.41, 5.74) is 2.80. The zero-order valence-corrected chi connectivity index (χ0v) is 16.5. The lowest BCUT2D eigenvalue weighted by Crippen LogP contribution is -2.50. The molecule has 0 heterocycles. The standard InChI is InChI=1S/C20H25IO3/c1-19-7-6-17-16-4-3-14(23-2)9-13(16)5-8-20(17,12-22)18(19)10-15(11-19)24-21/h3-4,9,12,15,17-18H,5-8,10-11H2,1-2H3. The van der Waals surface area contributed by atoms with Gasteiger partial charge in [-0.05, 0) is 79.0 Å². The van der Waals surface area contributed by atoms with E-state index in [0.717, 1.165) is 37.9 Å². The van der Waals surface area contributed by atoms with Gasteiger partial charge < -0.3 is 12.6 Å². The lowest BCUT2D eigenvalue weighted by molar-refractivity contribution is -0.129. The SMILES string of the molecule is COc1ccc2c(c1)CCC1(C=O)C2CCC2(C)CC(OI)CC21. The molecule has 2 fully saturated rings. The molecule has 0 saturated heterocycles. The van der Waals surface area contributed by atoms with Crippen LogP contribution >= 0.6 is 23.0 Å². The van der Waals surface area contributed by atoms with Crippen molar-refractivity contribution in [3.8, 4) is 5.75 Å². The molecule has 130 valence electrons. The lowest BCUT2D eigenvalue weighted by atomic mass is 9.48. The molecule has 1 aromatic rings. The summed E-state index contributed by atoms with van der Waals surface area (Å²) < 4.78 is 11.1. The number of aryl methyl sites for hydroxylation is 1. The Bertz CT molecular complexity index is 660. The van der Waals surface area contributed by atoms with Gasteiger partial charge in [-0.2, -0.15) is 0 Å². The fourth-order valence-corrected chi connectivity index (χ4v) is 6.51. The van der Waals surface area contributed by atoms with Crippen molar-refractivity contribution < 1.29 is 12.6 Å². The second kappa shape index (κ2) is 5.97. The number of fused-ring (bicyclic) bond motifs is 5. The summed E-state index contributed by atoms with van der Waals surface area (Å²) in [4.78, 5) is 12.5. The highest BCUT2D eigenvalue weighted by Gasteiger charge is 2.61. The number of ether oxygens (including phenoxy) is 1. The Morgan fingerprint density at radius 2 is 2.17 bits per heavy atom. The van der Waals surface area contributed by atoms with E-state index in [1.54, 1.807) is 7.11 Å². The average molecular weight is 440 g/mol. The summed E-state index contributed by atoms with van der Waals surface area (Å²) in [6, 6.07) is 6.43. The van der Waals surface area contributed by atoms with Gasteiger partial charge in [0.15, 0.2) is 0 Å². The smallest absolute Gasteiger partial charge is 0.127 e. The van der Waals surface area contributed by atoms with Crippen LogP contribution in [0.1, 0.15) is 56.1 Å². The molecular weight excluding hydrogens is 415 g/mol. The normalized spacial score (nSPS) is 40.4. The first-order chi connectivity index (χ1) is 11.6. The van der Waals surface area contributed by atoms with Crippen molar-refractivity contribution in [2.75, 3.05) is 7.11 Å². The summed E-state index contributed by atoms with van der Waals surface area (Å²) >= 11 is 2.04. The number of carbonyl (C=O) groups excluding carboxylic acids is 1. The quantitative estimate of drug-likeness (QED) is 0.498. The van der Waals surface area contributed by atoms with Gasteiger partial charge in [-0.25, -0.2) is 0 Å². The van der Waals surface area contributed by atoms with Crippen molar-refractivity contribution in [3.05, 3.63) is 29.3 Å². The molecule has 4 rings (SSSR count). The van der Waals surface area contributed by atoms with Gasteiger partial charge in [0.2, 0.25) is 0 Å². The molecule has 4 heteroatoms. The molecule has 0 radical (unpaired) electrons. The predicted molar refractivity (Wildman–Crippen MR) is 102 cm³/mol. The lowest BCUT2D eigenvalue weighted by Gasteiger charge is -2.55. The number of rotatable bonds is 3. The highest BCUT2D eigenvalue weighted by Crippen LogP contribution is 2.66. The number of methoxy groups -OCH3 is 1. The maximum Gasteiger partial charge on any atom is 0.127 e. The van der Waals surface area contributed by atoms with Crippen LogP contribution in [-0.2, 0) is 14.3 Å². The van der Waals surface area contributed by atoms with E-state index < -0.39 is 0 Å². The van der Waals surface area contributed by atoms with Gasteiger partial charge in [-0.1, -0.05) is 13.0 Å². The van der Waals surface area contributed by atoms with Crippen LogP contribution in [0, 0.1) is 16.7 Å². The van der Waals surface area contributed by atoms with E-state index in [1.165, 1.54) is 23.8 Å². The zero-order valence-electron chi connectivity index (χ0n) is 14.4. The van der Waals surface area contributed by atoms with Gasteiger partial charge in [0.25, 0.3) is 0 Å². The number of aldehydes is 1. The number of benzene rings is 1. The Balaban J connectivity index is 1.77. The van der Waals surface area contributed by atoms with Gasteiger partial charge in [-0.15, -0.1) is 0 Å². The second-order valence-electron chi connectivity index (χ2n) is 8.24. The highest BCUT2D eigenvalue weighted by molar-refractivity contribution is 14.1. The van der Waals surface area contributed by atoms with Crippen LogP contribution in [0.4, 0.5) is 0 Å². The van der Waals surface area contributed by atoms with Gasteiger partial charge in [0.1, 0.15) is 35.0 Å². The molecular formula is C20H25IO3. The summed E-state index contributed by atoms with van der Waals surface area (Å²) in [7, 11) is 1.72. The van der Waals surface area contributed by atoms with Gasteiger partial charge in [-0.3, -0.25) is 0 Å². The molecule has 3 aliphatic carbocycles. The molecule has 3 aliphatic rings. The third-order valence-corrected chi connectivity index (χ3v) is 7.95. The van der Waals surface area contributed by atoms with E-state index in [-0.39, 0.29) is 10.8 Å². The summed E-state index contributed by atoms with van der Waals surface area (Å²) in [6.07, 6.45) is 7.99. The third-order valence-electron chi connectivity index (χ3n) is 7.23. The van der Waals surface area contributed by atoms with E-state index in [2.05, 4.69) is 25.1 Å². The molecule has 24 heavy (non-hydrogen) atoms. The number of halogens is 1. The van der Waals surface area contributed by atoms with Crippen molar-refractivity contribution in [1.82, 2.24) is 0 Å². The second-order valence-corrected chi connectivity index (χ2v) is 8.75. The minimum absolute atomic E-state index is 0.210. The molecule has 5 atom stereocenters. The van der Waals surface area contributed by atoms with Crippen molar-refractivity contribution in [2.45, 2.75) is 57.5 Å². The van der Waals surface area contributed by atoms with Crippen LogP contribution in [0.25, 0.3) is 0 Å². The van der Waals surface area contributed by atoms with Gasteiger partial charge >= 0.3 is 0 Å². The van der Waals surface area contributed by atoms with Gasteiger partial charge in [0.05, 0.1) is 13.2 Å². The van der Waals surface area contributed by atoms with Crippen molar-refractivity contribution in [3.63, 3.8) is 0 Å². The molecule has 0 bridgehead atoms. The largest absolute Gasteiger partial charge is 0.497 e. The number of carbonyl (C=O) groups is 1. The van der Waals surface area contributed by atoms with Crippen LogP contribution in [0.15, 0.2) is 18.2 Å². The average Bonchev–Trinajstić information content (AvgIpc) is 2.98. The molecule has 0 spiro atoms. The van der Waals surface area contributed by atoms with E-state index >= 15 is 0 Å². The Labute approximate surface area is 158 Å². The number of hydrogen-bond donors (Lipinski definition) is 0. The summed E-state index contributed by atoms with van der Waals surface area (Å²) in [5.74, 6) is 1.72. The van der Waals surface area contributed by atoms with Gasteiger partial charge in [0, 0.05) is 5.41 Å². The third kappa shape index (κ3) is 2.28. The Morgan fingerprint density at radius 3 is 2.88 bits per heavy atom. The molecule has 0 amide bonds. The van der Waals surface area contributed by atoms with E-state index in [0.29, 0.717) is 17.9 Å². The van der Waals surface area contributed by atoms with E-state index in [4.69, 9.17) is 7.80 Å². The Hall–Kier alpha value is -0.620. The Kier molecular flexibility index (Phi) is 4.19. The highest BCUT2D eigenvalue weighted by atomic mass is 127. The number of hydrogen-bond acceptors (Lipinski definition) is 3. The molecule has 1 aromatic carbocycles. The van der Waals surface area contributed by atoms with E-state index in [1.807, 2.05) is 23.0 Å². The first kappa shape index (κ1) is 16.8. The van der Waals surface area contributed by atoms with Crippen molar-refractivity contribution in [2.24, 2.45) is 16.7 Å². The molecule has 3 nitrogen and oxygen atoms in total. The molecule has 0 N–H and O–H groups in total. The molecule has 0 aromatic heterocycles. The fraction of sp³-hybridized carbons (Fsp3) is 0.650. The molecule has 2 saturated carbocycles. The van der Waals surface area contributed by atoms with E-state index in [9.17, 15) is 4.79 Å². The van der Waals surface area contributed by atoms with Crippen LogP contribution < -0.4 is 4.74 Å². The van der Waals surface area contributed by atoms with Crippen molar-refractivity contribution in [1.29, 1.82) is 0 Å². The first-order valence-electron chi connectivity index (χ1n) is 8.97. The van der Waals surface area contributed by atoms with Crippen molar-refractivity contribution >= 4 is 29.3 Å². The minimum Gasteiger partial charge on any atom is -0.497 e. The maximum atomic E-state index is 12.5. The van der Waals surface area contributed by atoms with Crippen LogP contribution in [-0.4, -0.2) is 19.5 Å². The topological polar surface area (TPSA) is 35.5 Å². The molecule has 0 aliphatic heterocycles. The fourth-order valence-electron chi connectivity index (χ4n) is 6.12. The first-order valence-corrected chi connectivity index (χ1v) is 9.85. The van der Waals surface area contributed by atoms with Crippen LogP contribution in [0.5, 0.6) is 5.75 Å². The Morgan fingerprint density at radius 1 is 1.33 bits per heavy atom. The van der Waals surface area contributed by atoms with Crippen LogP contribution in [0.3, 0.4) is 0 Å². The molecule has 5 unspecified atom stereocenters. The zero-order chi connectivity index (χ0) is 16.9. The monoisotopic (exact) mass is 440 g/mol. The summed E-state index contributed by atoms with van der Waals surface area (Å²) in [5, 5.41) is 0. The van der Waals surface area contributed by atoms with Crippen LogP contribution in [0.2, 0.25) is 0 Å². The maximum absolute atomic E-state index is 12.5. The predicted octanol–water partition coefficient (Wildman–Crippen LogP) is 4.86. The minimum atomic E-state index is -0.210. The summed E-state index contributed by atoms with van der Waals surface area (Å²) in [6.45, 7) is 2.39.